The van der Waals surface area contributed by atoms with Crippen molar-refractivity contribution in [2.24, 2.45) is 0 Å². The Morgan fingerprint density at radius 2 is 2.12 bits per heavy atom. The molecule has 3 aromatic rings. The summed E-state index contributed by atoms with van der Waals surface area (Å²) in [7, 11) is 2.10. The van der Waals surface area contributed by atoms with Crippen LogP contribution in [0.15, 0.2) is 36.8 Å². The number of likely N-dealkylation sites (tertiary alicyclic amines) is 1. The molecule has 2 saturated heterocycles. The van der Waals surface area contributed by atoms with Crippen molar-refractivity contribution in [3.05, 3.63) is 53.5 Å². The highest BCUT2D eigenvalue weighted by atomic mass is 19.1. The van der Waals surface area contributed by atoms with Crippen molar-refractivity contribution in [3.8, 4) is 11.9 Å². The molecule has 2 fully saturated rings. The molecule has 0 saturated carbocycles. The van der Waals surface area contributed by atoms with Gasteiger partial charge in [-0.1, -0.05) is 12.6 Å². The summed E-state index contributed by atoms with van der Waals surface area (Å²) >= 11 is 0. The summed E-state index contributed by atoms with van der Waals surface area (Å²) in [6, 6.07) is 4.39. The lowest BCUT2D eigenvalue weighted by Gasteiger charge is -2.41. The van der Waals surface area contributed by atoms with E-state index in [0.29, 0.717) is 56.2 Å². The second-order valence-electron chi connectivity index (χ2n) is 10.9. The monoisotopic (exact) mass is 547 g/mol. The number of nitrogens with zero attached hydrogens (tertiary/aromatic N) is 6. The number of H-pyrrole nitrogens is 1. The molecule has 3 aliphatic rings. The van der Waals surface area contributed by atoms with Crippen molar-refractivity contribution >= 4 is 28.4 Å². The lowest BCUT2D eigenvalue weighted by molar-refractivity contribution is -0.131. The molecule has 2 aromatic heterocycles. The number of aromatic amines is 1. The number of fused-ring (bicyclic) bond motifs is 2. The molecule has 0 spiro atoms. The highest BCUT2D eigenvalue weighted by Crippen LogP contribution is 2.39. The molecule has 6 rings (SSSR count). The first-order chi connectivity index (χ1) is 19.3. The zero-order chi connectivity index (χ0) is 28.0. The molecule has 3 aliphatic heterocycles. The predicted octanol–water partition coefficient (Wildman–Crippen LogP) is 3.63. The van der Waals surface area contributed by atoms with Crippen molar-refractivity contribution in [1.29, 1.82) is 0 Å². The van der Waals surface area contributed by atoms with Gasteiger partial charge >= 0.3 is 6.01 Å². The average molecular weight is 548 g/mol. The molecule has 5 heterocycles. The van der Waals surface area contributed by atoms with Crippen molar-refractivity contribution in [3.63, 3.8) is 0 Å². The molecule has 0 radical (unpaired) electrons. The molecular weight excluding hydrogens is 513 g/mol. The number of rotatable bonds is 6. The molecule has 11 heteroatoms. The molecule has 1 aromatic carbocycles. The summed E-state index contributed by atoms with van der Waals surface area (Å²) in [5.74, 6) is 0.280. The van der Waals surface area contributed by atoms with E-state index in [1.54, 1.807) is 0 Å². The second-order valence-corrected chi connectivity index (χ2v) is 10.9. The van der Waals surface area contributed by atoms with Gasteiger partial charge in [0.25, 0.3) is 5.91 Å². The standard InChI is InChI=1S/C29H34FN7O3/c1-17-7-9-23-22(14-31-34-23)25(17)24-10-8-21-26(36-12-13-37(18(2)15-36)28(38)19(3)30)32-29(33-27(21)40-24)39-16-20-6-5-11-35(20)4/h7,9-10,14,18,20H,3,5-6,8,11-13,15-16H2,1-2,4H3,(H,31,34)/t18-,20?/m1/s1. The van der Waals surface area contributed by atoms with E-state index in [0.717, 1.165) is 47.0 Å². The third kappa shape index (κ3) is 4.78. The number of ether oxygens (including phenoxy) is 2. The van der Waals surface area contributed by atoms with Gasteiger partial charge in [0.2, 0.25) is 5.88 Å². The third-order valence-corrected chi connectivity index (χ3v) is 8.20. The van der Waals surface area contributed by atoms with Gasteiger partial charge in [-0.2, -0.15) is 15.1 Å². The van der Waals surface area contributed by atoms with Gasteiger partial charge in [-0.05, 0) is 58.0 Å². The fourth-order valence-electron chi connectivity index (χ4n) is 5.94. The minimum atomic E-state index is -0.943. The number of halogens is 1. The molecule has 40 heavy (non-hydrogen) atoms. The Hall–Kier alpha value is -3.99. The van der Waals surface area contributed by atoms with Crippen molar-refractivity contribution in [2.75, 3.05) is 44.7 Å². The van der Waals surface area contributed by atoms with E-state index in [4.69, 9.17) is 19.4 Å². The zero-order valence-electron chi connectivity index (χ0n) is 23.1. The molecule has 1 unspecified atom stereocenters. The molecule has 1 amide bonds. The molecule has 0 bridgehead atoms. The van der Waals surface area contributed by atoms with E-state index in [1.807, 2.05) is 38.3 Å². The number of nitrogens with one attached hydrogen (secondary N) is 1. The maximum Gasteiger partial charge on any atom is 0.321 e. The zero-order valence-corrected chi connectivity index (χ0v) is 23.1. The van der Waals surface area contributed by atoms with E-state index in [9.17, 15) is 9.18 Å². The number of carbonyl (C=O) groups is 1. The summed E-state index contributed by atoms with van der Waals surface area (Å²) in [5, 5.41) is 8.23. The molecule has 210 valence electrons. The lowest BCUT2D eigenvalue weighted by atomic mass is 9.99. The van der Waals surface area contributed by atoms with Crippen LogP contribution in [0.5, 0.6) is 11.9 Å². The van der Waals surface area contributed by atoms with Crippen molar-refractivity contribution in [1.82, 2.24) is 30.0 Å². The van der Waals surface area contributed by atoms with Crippen LogP contribution in [-0.4, -0.2) is 87.8 Å². The number of allylic oxidation sites excluding steroid dienone is 1. The minimum Gasteiger partial charge on any atom is -0.462 e. The van der Waals surface area contributed by atoms with E-state index < -0.39 is 11.7 Å². The summed E-state index contributed by atoms with van der Waals surface area (Å²) in [4.78, 5) is 27.8. The lowest BCUT2D eigenvalue weighted by Crippen LogP contribution is -2.54. The maximum absolute atomic E-state index is 13.6. The van der Waals surface area contributed by atoms with Gasteiger partial charge in [0, 0.05) is 49.1 Å². The summed E-state index contributed by atoms with van der Waals surface area (Å²) in [6.45, 7) is 9.99. The number of anilines is 1. The van der Waals surface area contributed by atoms with Crippen molar-refractivity contribution < 1.29 is 18.7 Å². The Morgan fingerprint density at radius 1 is 1.27 bits per heavy atom. The fourth-order valence-corrected chi connectivity index (χ4v) is 5.94. The van der Waals surface area contributed by atoms with Crippen LogP contribution in [0.4, 0.5) is 10.2 Å². The molecule has 10 nitrogen and oxygen atoms in total. The number of benzene rings is 1. The van der Waals surface area contributed by atoms with E-state index in [2.05, 4.69) is 33.6 Å². The molecule has 2 atom stereocenters. The van der Waals surface area contributed by atoms with Crippen LogP contribution in [0.25, 0.3) is 16.7 Å². The topological polar surface area (TPSA) is 99.7 Å². The molecule has 0 aliphatic carbocycles. The molecular formula is C29H34FN7O3. The Kier molecular flexibility index (Phi) is 6.91. The first-order valence-corrected chi connectivity index (χ1v) is 13.8. The van der Waals surface area contributed by atoms with Crippen LogP contribution < -0.4 is 14.4 Å². The number of amides is 1. The fraction of sp³-hybridized carbons (Fsp3) is 0.448. The quantitative estimate of drug-likeness (QED) is 0.467. The number of aryl methyl sites for hydroxylation is 1. The predicted molar refractivity (Wildman–Crippen MR) is 150 cm³/mol. The van der Waals surface area contributed by atoms with Crippen LogP contribution in [-0.2, 0) is 11.2 Å². The highest BCUT2D eigenvalue weighted by Gasteiger charge is 2.33. The van der Waals surface area contributed by atoms with Crippen LogP contribution in [0.1, 0.15) is 36.5 Å². The van der Waals surface area contributed by atoms with Gasteiger partial charge < -0.3 is 24.2 Å². The largest absolute Gasteiger partial charge is 0.462 e. The maximum atomic E-state index is 13.6. The third-order valence-electron chi connectivity index (χ3n) is 8.20. The first kappa shape index (κ1) is 26.2. The number of piperazine rings is 1. The number of hydrogen-bond donors (Lipinski definition) is 1. The SMILES string of the molecule is C=C(F)C(=O)N1CCN(c2nc(OCC3CCCN3C)nc3c2CC=C(c2c(C)ccc4[nH]ncc24)O3)C[C@H]1C. The minimum absolute atomic E-state index is 0.229. The first-order valence-electron chi connectivity index (χ1n) is 13.8. The van der Waals surface area contributed by atoms with Gasteiger partial charge in [-0.25, -0.2) is 4.39 Å². The van der Waals surface area contributed by atoms with Crippen LogP contribution in [0.3, 0.4) is 0 Å². The van der Waals surface area contributed by atoms with Crippen LogP contribution in [0.2, 0.25) is 0 Å². The molecule has 1 N–H and O–H groups in total. The smallest absolute Gasteiger partial charge is 0.321 e. The Morgan fingerprint density at radius 3 is 2.88 bits per heavy atom. The Bertz CT molecular complexity index is 1500. The summed E-state index contributed by atoms with van der Waals surface area (Å²) < 4.78 is 26.3. The second kappa shape index (κ2) is 10.5. The van der Waals surface area contributed by atoms with E-state index >= 15 is 0 Å². The number of likely N-dealkylation sites (N-methyl/N-ethyl adjacent to an activating group) is 1. The Balaban J connectivity index is 1.33. The van der Waals surface area contributed by atoms with E-state index in [-0.39, 0.29) is 12.1 Å². The van der Waals surface area contributed by atoms with Crippen LogP contribution >= 0.6 is 0 Å². The van der Waals surface area contributed by atoms with Gasteiger partial charge in [0.1, 0.15) is 18.2 Å². The highest BCUT2D eigenvalue weighted by molar-refractivity contribution is 5.92. The van der Waals surface area contributed by atoms with Crippen molar-refractivity contribution in [2.45, 2.75) is 45.2 Å². The summed E-state index contributed by atoms with van der Waals surface area (Å²) in [6.07, 6.45) is 6.63. The Labute approximate surface area is 232 Å². The van der Waals surface area contributed by atoms with Gasteiger partial charge in [-0.3, -0.25) is 9.89 Å². The number of aromatic nitrogens is 4. The number of carbonyl (C=O) groups excluding carboxylic acids is 1. The van der Waals surface area contributed by atoms with Gasteiger partial charge in [0.15, 0.2) is 5.83 Å². The number of hydrogen-bond acceptors (Lipinski definition) is 8. The normalized spacial score (nSPS) is 21.2. The van der Waals surface area contributed by atoms with Gasteiger partial charge in [0.05, 0.1) is 17.3 Å². The van der Waals surface area contributed by atoms with E-state index in [1.165, 1.54) is 4.90 Å². The summed E-state index contributed by atoms with van der Waals surface area (Å²) in [5.41, 5.74) is 3.83. The average Bonchev–Trinajstić information content (AvgIpc) is 3.59. The van der Waals surface area contributed by atoms with Gasteiger partial charge in [-0.15, -0.1) is 0 Å². The van der Waals surface area contributed by atoms with Crippen LogP contribution in [0, 0.1) is 6.92 Å².